The molecule has 1 aliphatic heterocycles. The van der Waals surface area contributed by atoms with Crippen LogP contribution in [-0.2, 0) is 9.59 Å². The Bertz CT molecular complexity index is 1030. The molecule has 3 fully saturated rings. The standard InChI is InChI=1S/C22H17Br2ClN2O3/c23-18-12-9-13(19(18)24)17-16(12)21(29)27(22(17)30)11-6-7-15(14(25)8-11)26-20(28)10-4-2-1-3-5-10/h1-8,12-13,16-19H,9H2,(H,26,28)/t12-,13-,16-,17-,18+,19+/m1/s1. The SMILES string of the molecule is O=C(Nc1ccc(N2C(=O)[C@@H]3[C@H]4C[C@@H]([C@H](Br)[C@H]4Br)[C@H]3C2=O)cc1Cl)c1ccccc1. The molecule has 3 aliphatic rings. The summed E-state index contributed by atoms with van der Waals surface area (Å²) >= 11 is 13.8. The van der Waals surface area contributed by atoms with Gasteiger partial charge in [0.05, 0.1) is 28.2 Å². The number of nitrogens with zero attached hydrogens (tertiary/aromatic N) is 1. The van der Waals surface area contributed by atoms with Crippen molar-refractivity contribution in [3.8, 4) is 0 Å². The van der Waals surface area contributed by atoms with Crippen molar-refractivity contribution in [3.05, 3.63) is 59.1 Å². The molecule has 0 aromatic heterocycles. The molecule has 0 unspecified atom stereocenters. The number of rotatable bonds is 3. The Morgan fingerprint density at radius 2 is 1.57 bits per heavy atom. The molecule has 30 heavy (non-hydrogen) atoms. The molecule has 6 atom stereocenters. The third-order valence-electron chi connectivity index (χ3n) is 6.48. The number of nitrogens with one attached hydrogen (secondary N) is 1. The zero-order valence-electron chi connectivity index (χ0n) is 15.6. The second-order valence-electron chi connectivity index (χ2n) is 8.00. The van der Waals surface area contributed by atoms with Crippen molar-refractivity contribution in [1.29, 1.82) is 0 Å². The molecule has 0 spiro atoms. The number of alkyl halides is 2. The van der Waals surface area contributed by atoms with Gasteiger partial charge in [-0.05, 0) is 48.6 Å². The average Bonchev–Trinajstić information content (AvgIpc) is 3.35. The molecular weight excluding hydrogens is 536 g/mol. The predicted octanol–water partition coefficient (Wildman–Crippen LogP) is 4.87. The minimum Gasteiger partial charge on any atom is -0.321 e. The molecule has 0 radical (unpaired) electrons. The van der Waals surface area contributed by atoms with Crippen molar-refractivity contribution in [2.24, 2.45) is 23.7 Å². The number of hydrogen-bond donors (Lipinski definition) is 1. The largest absolute Gasteiger partial charge is 0.321 e. The number of amides is 3. The molecule has 2 saturated carbocycles. The molecule has 1 heterocycles. The highest BCUT2D eigenvalue weighted by Gasteiger charge is 2.66. The fourth-order valence-electron chi connectivity index (χ4n) is 5.13. The van der Waals surface area contributed by atoms with Crippen molar-refractivity contribution >= 4 is 72.6 Å². The van der Waals surface area contributed by atoms with Crippen molar-refractivity contribution in [1.82, 2.24) is 0 Å². The van der Waals surface area contributed by atoms with Gasteiger partial charge in [-0.3, -0.25) is 14.4 Å². The number of imide groups is 1. The highest BCUT2D eigenvalue weighted by Crippen LogP contribution is 2.60. The van der Waals surface area contributed by atoms with E-state index < -0.39 is 0 Å². The molecule has 1 saturated heterocycles. The lowest BCUT2D eigenvalue weighted by Crippen LogP contribution is -2.37. The lowest BCUT2D eigenvalue weighted by Gasteiger charge is -2.28. The molecule has 1 N–H and O–H groups in total. The lowest BCUT2D eigenvalue weighted by atomic mass is 9.81. The fraction of sp³-hybridized carbons (Fsp3) is 0.318. The summed E-state index contributed by atoms with van der Waals surface area (Å²) in [6.45, 7) is 0. The Balaban J connectivity index is 1.39. The van der Waals surface area contributed by atoms with Crippen LogP contribution in [0.1, 0.15) is 16.8 Å². The highest BCUT2D eigenvalue weighted by atomic mass is 79.9. The van der Waals surface area contributed by atoms with Crippen LogP contribution < -0.4 is 10.2 Å². The fourth-order valence-corrected chi connectivity index (χ4v) is 7.23. The molecule has 5 nitrogen and oxygen atoms in total. The Morgan fingerprint density at radius 1 is 0.967 bits per heavy atom. The van der Waals surface area contributed by atoms with Crippen molar-refractivity contribution < 1.29 is 14.4 Å². The van der Waals surface area contributed by atoms with Crippen molar-refractivity contribution in [3.63, 3.8) is 0 Å². The maximum Gasteiger partial charge on any atom is 0.255 e. The monoisotopic (exact) mass is 550 g/mol. The third-order valence-corrected chi connectivity index (χ3v) is 10.0. The molecule has 154 valence electrons. The number of carbonyl (C=O) groups is 3. The van der Waals surface area contributed by atoms with Crippen LogP contribution in [0.25, 0.3) is 0 Å². The minimum absolute atomic E-state index is 0.154. The van der Waals surface area contributed by atoms with Gasteiger partial charge >= 0.3 is 0 Å². The van der Waals surface area contributed by atoms with Gasteiger partial charge in [0.1, 0.15) is 0 Å². The van der Waals surface area contributed by atoms with Crippen molar-refractivity contribution in [2.45, 2.75) is 16.1 Å². The Hall–Kier alpha value is -1.70. The van der Waals surface area contributed by atoms with Crippen LogP contribution in [0, 0.1) is 23.7 Å². The van der Waals surface area contributed by atoms with E-state index in [2.05, 4.69) is 37.2 Å². The summed E-state index contributed by atoms with van der Waals surface area (Å²) in [6, 6.07) is 13.7. The molecule has 5 rings (SSSR count). The number of halogens is 3. The Kier molecular flexibility index (Phi) is 5.03. The molecule has 3 amide bonds. The third kappa shape index (κ3) is 2.97. The summed E-state index contributed by atoms with van der Waals surface area (Å²) in [6.07, 6.45) is 0.887. The topological polar surface area (TPSA) is 66.5 Å². The zero-order valence-corrected chi connectivity index (χ0v) is 19.5. The molecule has 8 heteroatoms. The van der Waals surface area contributed by atoms with E-state index in [-0.39, 0.29) is 56.1 Å². The van der Waals surface area contributed by atoms with Crippen LogP contribution in [0.4, 0.5) is 11.4 Å². The first-order chi connectivity index (χ1) is 14.4. The van der Waals surface area contributed by atoms with Gasteiger partial charge in [-0.2, -0.15) is 0 Å². The van der Waals surface area contributed by atoms with Gasteiger partial charge < -0.3 is 5.32 Å². The van der Waals surface area contributed by atoms with Gasteiger partial charge in [-0.25, -0.2) is 4.90 Å². The summed E-state index contributed by atoms with van der Waals surface area (Å²) in [4.78, 5) is 40.4. The number of benzene rings is 2. The van der Waals surface area contributed by atoms with E-state index in [0.717, 1.165) is 6.42 Å². The summed E-state index contributed by atoms with van der Waals surface area (Å²) < 4.78 is 0. The van der Waals surface area contributed by atoms with E-state index in [0.29, 0.717) is 16.9 Å². The first-order valence-electron chi connectivity index (χ1n) is 9.70. The second-order valence-corrected chi connectivity index (χ2v) is 10.5. The maximum absolute atomic E-state index is 13.2. The summed E-state index contributed by atoms with van der Waals surface area (Å²) in [5.74, 6) is -0.835. The van der Waals surface area contributed by atoms with Gasteiger partial charge in [-0.15, -0.1) is 0 Å². The number of carbonyl (C=O) groups excluding carboxylic acids is 3. The molecular formula is C22H17Br2ClN2O3. The van der Waals surface area contributed by atoms with E-state index in [1.807, 2.05) is 6.07 Å². The van der Waals surface area contributed by atoms with E-state index in [9.17, 15) is 14.4 Å². The molecule has 2 aromatic rings. The summed E-state index contributed by atoms with van der Waals surface area (Å²) in [5.41, 5.74) is 1.38. The molecule has 2 aromatic carbocycles. The average molecular weight is 553 g/mol. The van der Waals surface area contributed by atoms with Gasteiger partial charge in [0.15, 0.2) is 0 Å². The molecule has 2 bridgehead atoms. The lowest BCUT2D eigenvalue weighted by molar-refractivity contribution is -0.123. The van der Waals surface area contributed by atoms with Gasteiger partial charge in [0.2, 0.25) is 11.8 Å². The second kappa shape index (κ2) is 7.46. The predicted molar refractivity (Wildman–Crippen MR) is 122 cm³/mol. The number of hydrogen-bond acceptors (Lipinski definition) is 3. The van der Waals surface area contributed by atoms with E-state index >= 15 is 0 Å². The maximum atomic E-state index is 13.2. The first kappa shape index (κ1) is 20.2. The number of anilines is 2. The van der Waals surface area contributed by atoms with Crippen LogP contribution in [0.3, 0.4) is 0 Å². The van der Waals surface area contributed by atoms with Gasteiger partial charge in [0.25, 0.3) is 5.91 Å². The van der Waals surface area contributed by atoms with Gasteiger partial charge in [0, 0.05) is 15.2 Å². The number of fused-ring (bicyclic) bond motifs is 5. The van der Waals surface area contributed by atoms with Gasteiger partial charge in [-0.1, -0.05) is 61.7 Å². The zero-order chi connectivity index (χ0) is 21.2. The van der Waals surface area contributed by atoms with Crippen LogP contribution in [0.15, 0.2) is 48.5 Å². The quantitative estimate of drug-likeness (QED) is 0.436. The van der Waals surface area contributed by atoms with E-state index in [1.165, 1.54) is 4.90 Å². The van der Waals surface area contributed by atoms with Crippen LogP contribution in [0.2, 0.25) is 5.02 Å². The molecule has 2 aliphatic carbocycles. The van der Waals surface area contributed by atoms with Crippen LogP contribution in [0.5, 0.6) is 0 Å². The van der Waals surface area contributed by atoms with E-state index in [1.54, 1.807) is 42.5 Å². The summed E-state index contributed by atoms with van der Waals surface area (Å²) in [7, 11) is 0. The van der Waals surface area contributed by atoms with Crippen LogP contribution in [-0.4, -0.2) is 27.4 Å². The summed E-state index contributed by atoms with van der Waals surface area (Å²) in [5, 5.41) is 3.04. The van der Waals surface area contributed by atoms with Crippen molar-refractivity contribution in [2.75, 3.05) is 10.2 Å². The smallest absolute Gasteiger partial charge is 0.255 e. The highest BCUT2D eigenvalue weighted by molar-refractivity contribution is 9.12. The Morgan fingerprint density at radius 3 is 2.13 bits per heavy atom. The normalized spacial score (nSPS) is 31.9. The van der Waals surface area contributed by atoms with Crippen LogP contribution >= 0.6 is 43.5 Å². The van der Waals surface area contributed by atoms with E-state index in [4.69, 9.17) is 11.6 Å². The first-order valence-corrected chi connectivity index (χ1v) is 11.9. The Labute approximate surface area is 195 Å². The minimum atomic E-state index is -0.281.